The molecule has 0 spiro atoms. The van der Waals surface area contributed by atoms with Gasteiger partial charge in [-0.3, -0.25) is 4.90 Å². The average Bonchev–Trinajstić information content (AvgIpc) is 2.69. The Morgan fingerprint density at radius 3 is 2.26 bits per heavy atom. The summed E-state index contributed by atoms with van der Waals surface area (Å²) in [5, 5.41) is 9.17. The number of hydrogen-bond donors (Lipinski definition) is 1. The monoisotopic (exact) mass is 286 g/mol. The van der Waals surface area contributed by atoms with Gasteiger partial charge >= 0.3 is 12.0 Å². The van der Waals surface area contributed by atoms with Gasteiger partial charge in [0.2, 0.25) is 0 Å². The predicted molar refractivity (Wildman–Crippen MR) is 75.1 cm³/mol. The number of carbonyl (C=O) groups excluding carboxylic acids is 1. The number of urea groups is 1. The number of hydrogen-bond acceptors (Lipinski definition) is 3. The molecule has 2 aliphatic rings. The molecule has 6 heteroatoms. The molecule has 2 fully saturated rings. The molecule has 4 unspecified atom stereocenters. The summed E-state index contributed by atoms with van der Waals surface area (Å²) in [6.07, 6.45) is 1.14. The van der Waals surface area contributed by atoms with E-state index < -0.39 is 12.0 Å². The van der Waals surface area contributed by atoms with Gasteiger partial charge in [0.1, 0.15) is 6.04 Å². The molecule has 2 rings (SSSR count). The quantitative estimate of drug-likeness (QED) is 0.800. The number of nitrogens with zero attached hydrogens (tertiary/aromatic N) is 2. The summed E-state index contributed by atoms with van der Waals surface area (Å²) in [6, 6.07) is -0.789. The molecule has 4 atom stereocenters. The van der Waals surface area contributed by atoms with Crippen molar-refractivity contribution in [1.82, 2.24) is 9.80 Å². The van der Waals surface area contributed by atoms with Gasteiger partial charge < -0.3 is 10.0 Å². The van der Waals surface area contributed by atoms with E-state index in [4.69, 9.17) is 0 Å². The Kier molecular flexibility index (Phi) is 4.28. The van der Waals surface area contributed by atoms with Crippen molar-refractivity contribution >= 4 is 23.8 Å². The van der Waals surface area contributed by atoms with Gasteiger partial charge in [0.05, 0.1) is 5.37 Å². The van der Waals surface area contributed by atoms with Crippen molar-refractivity contribution in [2.75, 3.05) is 18.8 Å². The SMILES string of the molecule is CC1CC(C)CN(C(=O)N2C(C)SCC2C(=O)O)C1. The number of thioether (sulfide) groups is 1. The van der Waals surface area contributed by atoms with Crippen molar-refractivity contribution < 1.29 is 14.7 Å². The third-order valence-electron chi connectivity index (χ3n) is 3.87. The fourth-order valence-electron chi connectivity index (χ4n) is 3.11. The molecule has 0 aromatic rings. The molecule has 19 heavy (non-hydrogen) atoms. The van der Waals surface area contributed by atoms with Crippen LogP contribution < -0.4 is 0 Å². The maximum absolute atomic E-state index is 12.6. The lowest BCUT2D eigenvalue weighted by Crippen LogP contribution is -2.54. The first-order valence-electron chi connectivity index (χ1n) is 6.81. The van der Waals surface area contributed by atoms with Crippen LogP contribution in [0.3, 0.4) is 0 Å². The Balaban J connectivity index is 2.11. The van der Waals surface area contributed by atoms with E-state index in [1.54, 1.807) is 0 Å². The fraction of sp³-hybridized carbons (Fsp3) is 0.846. The highest BCUT2D eigenvalue weighted by Gasteiger charge is 2.42. The lowest BCUT2D eigenvalue weighted by molar-refractivity contribution is -0.141. The van der Waals surface area contributed by atoms with Gasteiger partial charge in [-0.1, -0.05) is 13.8 Å². The maximum Gasteiger partial charge on any atom is 0.327 e. The Hall–Kier alpha value is -0.910. The highest BCUT2D eigenvalue weighted by molar-refractivity contribution is 8.00. The van der Waals surface area contributed by atoms with Gasteiger partial charge in [-0.05, 0) is 25.2 Å². The fourth-order valence-corrected chi connectivity index (χ4v) is 4.27. The largest absolute Gasteiger partial charge is 0.480 e. The van der Waals surface area contributed by atoms with Crippen molar-refractivity contribution in [3.63, 3.8) is 0 Å². The average molecular weight is 286 g/mol. The third kappa shape index (κ3) is 2.99. The van der Waals surface area contributed by atoms with Gasteiger partial charge in [-0.2, -0.15) is 0 Å². The van der Waals surface area contributed by atoms with Crippen molar-refractivity contribution in [1.29, 1.82) is 0 Å². The van der Waals surface area contributed by atoms with Crippen molar-refractivity contribution in [3.8, 4) is 0 Å². The van der Waals surface area contributed by atoms with Gasteiger partial charge in [0, 0.05) is 18.8 Å². The van der Waals surface area contributed by atoms with Crippen LogP contribution in [-0.2, 0) is 4.79 Å². The van der Waals surface area contributed by atoms with E-state index in [1.807, 2.05) is 11.8 Å². The Labute approximate surface area is 118 Å². The van der Waals surface area contributed by atoms with E-state index in [0.29, 0.717) is 17.6 Å². The molecule has 0 saturated carbocycles. The minimum atomic E-state index is -0.900. The molecule has 0 aromatic heterocycles. The second kappa shape index (κ2) is 5.61. The topological polar surface area (TPSA) is 60.9 Å². The summed E-state index contributed by atoms with van der Waals surface area (Å²) in [7, 11) is 0. The zero-order valence-corrected chi connectivity index (χ0v) is 12.5. The first-order chi connectivity index (χ1) is 8.90. The normalized spacial score (nSPS) is 35.5. The number of piperidine rings is 1. The Bertz CT molecular complexity index is 367. The Morgan fingerprint density at radius 1 is 1.16 bits per heavy atom. The van der Waals surface area contributed by atoms with Crippen LogP contribution in [0.25, 0.3) is 0 Å². The predicted octanol–water partition coefficient (Wildman–Crippen LogP) is 1.93. The van der Waals surface area contributed by atoms with E-state index in [0.717, 1.165) is 19.5 Å². The number of likely N-dealkylation sites (tertiary alicyclic amines) is 1. The van der Waals surface area contributed by atoms with Crippen LogP contribution in [0.2, 0.25) is 0 Å². The molecule has 0 aromatic carbocycles. The number of aliphatic carboxylic acids is 1. The smallest absolute Gasteiger partial charge is 0.327 e. The zero-order chi connectivity index (χ0) is 14.2. The van der Waals surface area contributed by atoms with Gasteiger partial charge in [0.15, 0.2) is 0 Å². The van der Waals surface area contributed by atoms with Crippen LogP contribution >= 0.6 is 11.8 Å². The molecule has 1 N–H and O–H groups in total. The lowest BCUT2D eigenvalue weighted by atomic mass is 9.92. The third-order valence-corrected chi connectivity index (χ3v) is 5.09. The number of carboxylic acids is 1. The molecule has 2 aliphatic heterocycles. The second-order valence-electron chi connectivity index (χ2n) is 5.83. The number of carboxylic acid groups (broad SMARTS) is 1. The summed E-state index contributed by atoms with van der Waals surface area (Å²) in [4.78, 5) is 27.2. The molecule has 108 valence electrons. The summed E-state index contributed by atoms with van der Waals surface area (Å²) in [5.74, 6) is 0.563. The first-order valence-corrected chi connectivity index (χ1v) is 7.86. The van der Waals surface area contributed by atoms with Crippen LogP contribution in [-0.4, -0.2) is 57.2 Å². The lowest BCUT2D eigenvalue weighted by Gasteiger charge is -2.39. The number of rotatable bonds is 1. The minimum absolute atomic E-state index is 0.0545. The van der Waals surface area contributed by atoms with Crippen LogP contribution in [0.15, 0.2) is 0 Å². The van der Waals surface area contributed by atoms with E-state index >= 15 is 0 Å². The molecule has 0 radical (unpaired) electrons. The highest BCUT2D eigenvalue weighted by Crippen LogP contribution is 2.31. The molecular formula is C13H22N2O3S. The molecular weight excluding hydrogens is 264 g/mol. The second-order valence-corrected chi connectivity index (χ2v) is 7.18. The van der Waals surface area contributed by atoms with Crippen molar-refractivity contribution in [3.05, 3.63) is 0 Å². The molecule has 2 saturated heterocycles. The van der Waals surface area contributed by atoms with E-state index in [9.17, 15) is 14.7 Å². The molecule has 2 heterocycles. The first kappa shape index (κ1) is 14.5. The van der Waals surface area contributed by atoms with Crippen LogP contribution in [0.5, 0.6) is 0 Å². The standard InChI is InChI=1S/C13H22N2O3S/c1-8-4-9(2)6-14(5-8)13(18)15-10(3)19-7-11(15)12(16)17/h8-11H,4-7H2,1-3H3,(H,16,17). The zero-order valence-electron chi connectivity index (χ0n) is 11.7. The summed E-state index contributed by atoms with van der Waals surface area (Å²) < 4.78 is 0. The van der Waals surface area contributed by atoms with Crippen LogP contribution in [0.4, 0.5) is 4.79 Å². The molecule has 2 amide bonds. The summed E-state index contributed by atoms with van der Waals surface area (Å²) >= 11 is 1.53. The molecule has 0 aliphatic carbocycles. The van der Waals surface area contributed by atoms with E-state index in [2.05, 4.69) is 13.8 Å². The van der Waals surface area contributed by atoms with Crippen molar-refractivity contribution in [2.24, 2.45) is 11.8 Å². The van der Waals surface area contributed by atoms with Crippen LogP contribution in [0.1, 0.15) is 27.2 Å². The highest BCUT2D eigenvalue weighted by atomic mass is 32.2. The number of amides is 2. The van der Waals surface area contributed by atoms with Crippen molar-refractivity contribution in [2.45, 2.75) is 38.6 Å². The maximum atomic E-state index is 12.6. The minimum Gasteiger partial charge on any atom is -0.480 e. The van der Waals surface area contributed by atoms with E-state index in [1.165, 1.54) is 16.7 Å². The summed E-state index contributed by atoms with van der Waals surface area (Å²) in [5.41, 5.74) is 0. The van der Waals surface area contributed by atoms with Gasteiger partial charge in [-0.15, -0.1) is 11.8 Å². The van der Waals surface area contributed by atoms with Crippen LogP contribution in [0, 0.1) is 11.8 Å². The van der Waals surface area contributed by atoms with E-state index in [-0.39, 0.29) is 11.4 Å². The molecule has 0 bridgehead atoms. The Morgan fingerprint density at radius 2 is 1.74 bits per heavy atom. The summed E-state index contributed by atoms with van der Waals surface area (Å²) in [6.45, 7) is 7.68. The van der Waals surface area contributed by atoms with Gasteiger partial charge in [0.25, 0.3) is 0 Å². The molecule has 5 nitrogen and oxygen atoms in total. The number of carbonyl (C=O) groups is 2. The van der Waals surface area contributed by atoms with Gasteiger partial charge in [-0.25, -0.2) is 9.59 Å².